The first-order chi connectivity index (χ1) is 15.6. The number of methoxy groups -OCH3 is 1. The highest BCUT2D eigenvalue weighted by atomic mass is 32.1. The van der Waals surface area contributed by atoms with Crippen LogP contribution >= 0.6 is 12.2 Å². The Bertz CT molecular complexity index is 993. The number of nitrogens with zero attached hydrogens (tertiary/aromatic N) is 3. The van der Waals surface area contributed by atoms with Crippen LogP contribution in [0.15, 0.2) is 53.5 Å². The van der Waals surface area contributed by atoms with Crippen molar-refractivity contribution in [2.75, 3.05) is 25.1 Å². The Morgan fingerprint density at radius 3 is 2.22 bits per heavy atom. The van der Waals surface area contributed by atoms with E-state index in [0.717, 1.165) is 53.9 Å². The summed E-state index contributed by atoms with van der Waals surface area (Å²) in [6.07, 6.45) is 8.25. The van der Waals surface area contributed by atoms with Crippen LogP contribution in [0.2, 0.25) is 0 Å². The standard InChI is InChI=1S/C26H30FN3OS/c1-31-22-13-9-20(10-14-22)28-24-23(29-17-5-6-18-29)26(15-3-2-4-16-26)25(32)30(24)21-11-7-19(27)8-12-21/h7-14,23H,2-6,15-18H2,1H3/t23-/m0/s1. The van der Waals surface area contributed by atoms with Gasteiger partial charge >= 0.3 is 0 Å². The fourth-order valence-corrected chi connectivity index (χ4v) is 6.25. The van der Waals surface area contributed by atoms with Crippen LogP contribution in [-0.2, 0) is 0 Å². The molecule has 0 unspecified atom stereocenters. The van der Waals surface area contributed by atoms with E-state index >= 15 is 0 Å². The van der Waals surface area contributed by atoms with E-state index in [-0.39, 0.29) is 17.3 Å². The highest BCUT2D eigenvalue weighted by molar-refractivity contribution is 7.80. The first-order valence-corrected chi connectivity index (χ1v) is 12.1. The van der Waals surface area contributed by atoms with Crippen LogP contribution in [0.4, 0.5) is 15.8 Å². The lowest BCUT2D eigenvalue weighted by atomic mass is 9.70. The number of thiocarbonyl (C=S) groups is 1. The molecule has 1 spiro atoms. The molecule has 3 aliphatic rings. The number of rotatable bonds is 4. The third-order valence-corrected chi connectivity index (χ3v) is 7.87. The molecule has 0 radical (unpaired) electrons. The molecule has 0 amide bonds. The Morgan fingerprint density at radius 2 is 1.59 bits per heavy atom. The zero-order valence-corrected chi connectivity index (χ0v) is 19.4. The number of anilines is 1. The van der Waals surface area contributed by atoms with Gasteiger partial charge in [-0.15, -0.1) is 0 Å². The van der Waals surface area contributed by atoms with Crippen LogP contribution in [0.25, 0.3) is 0 Å². The third kappa shape index (κ3) is 3.73. The van der Waals surface area contributed by atoms with E-state index in [1.165, 1.54) is 44.2 Å². The fourth-order valence-electron chi connectivity index (χ4n) is 5.74. The van der Waals surface area contributed by atoms with Crippen molar-refractivity contribution >= 4 is 34.4 Å². The highest BCUT2D eigenvalue weighted by Crippen LogP contribution is 2.50. The SMILES string of the molecule is COc1ccc(N=C2[C@H](N3CCCC3)C3(CCCCC3)C(=S)N2c2ccc(F)cc2)cc1. The maximum absolute atomic E-state index is 13.8. The van der Waals surface area contributed by atoms with Crippen molar-refractivity contribution in [3.05, 3.63) is 54.3 Å². The molecule has 0 aromatic heterocycles. The monoisotopic (exact) mass is 451 g/mol. The number of ether oxygens (including phenoxy) is 1. The summed E-state index contributed by atoms with van der Waals surface area (Å²) in [6, 6.07) is 14.7. The Morgan fingerprint density at radius 1 is 0.938 bits per heavy atom. The zero-order valence-electron chi connectivity index (χ0n) is 18.6. The lowest BCUT2D eigenvalue weighted by molar-refractivity contribution is 0.155. The quantitative estimate of drug-likeness (QED) is 0.523. The van der Waals surface area contributed by atoms with Gasteiger partial charge in [0.15, 0.2) is 0 Å². The molecule has 2 heterocycles. The zero-order chi connectivity index (χ0) is 22.1. The molecule has 1 saturated carbocycles. The summed E-state index contributed by atoms with van der Waals surface area (Å²) in [5.41, 5.74) is 1.69. The number of hydrogen-bond donors (Lipinski definition) is 0. The predicted octanol–water partition coefficient (Wildman–Crippen LogP) is 6.13. The van der Waals surface area contributed by atoms with Crippen molar-refractivity contribution in [2.45, 2.75) is 51.0 Å². The molecule has 2 aromatic rings. The molecule has 2 saturated heterocycles. The van der Waals surface area contributed by atoms with E-state index in [1.54, 1.807) is 7.11 Å². The van der Waals surface area contributed by atoms with E-state index in [9.17, 15) is 4.39 Å². The largest absolute Gasteiger partial charge is 0.497 e. The molecule has 2 aliphatic heterocycles. The van der Waals surface area contributed by atoms with Crippen LogP contribution in [-0.4, -0.2) is 42.0 Å². The predicted molar refractivity (Wildman–Crippen MR) is 132 cm³/mol. The maximum atomic E-state index is 13.8. The third-order valence-electron chi connectivity index (χ3n) is 7.28. The second kappa shape index (κ2) is 8.91. The van der Waals surface area contributed by atoms with Gasteiger partial charge in [-0.3, -0.25) is 9.80 Å². The van der Waals surface area contributed by atoms with Crippen LogP contribution in [0.3, 0.4) is 0 Å². The minimum atomic E-state index is -0.240. The average Bonchev–Trinajstić information content (AvgIpc) is 3.42. The van der Waals surface area contributed by atoms with Gasteiger partial charge in [0.1, 0.15) is 17.4 Å². The van der Waals surface area contributed by atoms with Crippen molar-refractivity contribution < 1.29 is 9.13 Å². The van der Waals surface area contributed by atoms with Crippen molar-refractivity contribution in [1.29, 1.82) is 0 Å². The summed E-state index contributed by atoms with van der Waals surface area (Å²) in [5, 5.41) is 0. The molecule has 4 nitrogen and oxygen atoms in total. The Kier molecular flexibility index (Phi) is 5.99. The summed E-state index contributed by atoms with van der Waals surface area (Å²) >= 11 is 6.24. The van der Waals surface area contributed by atoms with Crippen LogP contribution in [0.5, 0.6) is 5.75 Å². The van der Waals surface area contributed by atoms with Gasteiger partial charge in [-0.25, -0.2) is 9.38 Å². The Balaban J connectivity index is 1.66. The second-order valence-electron chi connectivity index (χ2n) is 9.15. The number of hydrogen-bond acceptors (Lipinski definition) is 4. The van der Waals surface area contributed by atoms with Crippen LogP contribution in [0.1, 0.15) is 44.9 Å². The van der Waals surface area contributed by atoms with Gasteiger partial charge in [0, 0.05) is 11.1 Å². The van der Waals surface area contributed by atoms with Crippen LogP contribution < -0.4 is 9.64 Å². The number of amidine groups is 1. The first kappa shape index (κ1) is 21.5. The lowest BCUT2D eigenvalue weighted by Gasteiger charge is -2.41. The van der Waals surface area contributed by atoms with Gasteiger partial charge in [0.05, 0.1) is 23.8 Å². The normalized spacial score (nSPS) is 24.6. The topological polar surface area (TPSA) is 28.1 Å². The number of benzene rings is 2. The smallest absolute Gasteiger partial charge is 0.133 e. The van der Waals surface area contributed by atoms with Gasteiger partial charge in [0.25, 0.3) is 0 Å². The molecule has 2 aromatic carbocycles. The minimum Gasteiger partial charge on any atom is -0.497 e. The van der Waals surface area contributed by atoms with Gasteiger partial charge in [0.2, 0.25) is 0 Å². The van der Waals surface area contributed by atoms with E-state index in [0.29, 0.717) is 0 Å². The van der Waals surface area contributed by atoms with Crippen molar-refractivity contribution in [1.82, 2.24) is 4.90 Å². The minimum absolute atomic E-state index is 0.0857. The summed E-state index contributed by atoms with van der Waals surface area (Å²) in [5.74, 6) is 1.55. The second-order valence-corrected chi connectivity index (χ2v) is 9.53. The summed E-state index contributed by atoms with van der Waals surface area (Å²) in [6.45, 7) is 2.15. The molecule has 168 valence electrons. The molecular weight excluding hydrogens is 421 g/mol. The Hall–Kier alpha value is -2.31. The van der Waals surface area contributed by atoms with Crippen molar-refractivity contribution in [3.8, 4) is 5.75 Å². The number of aliphatic imine (C=N–C) groups is 1. The van der Waals surface area contributed by atoms with Gasteiger partial charge in [-0.05, 0) is 87.3 Å². The first-order valence-electron chi connectivity index (χ1n) is 11.7. The summed E-state index contributed by atoms with van der Waals surface area (Å²) in [4.78, 5) is 10.9. The Labute approximate surface area is 195 Å². The molecule has 6 heteroatoms. The fraction of sp³-hybridized carbons (Fsp3) is 0.462. The van der Waals surface area contributed by atoms with Gasteiger partial charge in [-0.1, -0.05) is 31.5 Å². The summed E-state index contributed by atoms with van der Waals surface area (Å²) < 4.78 is 19.1. The number of likely N-dealkylation sites (tertiary alicyclic amines) is 1. The molecule has 5 rings (SSSR count). The molecule has 0 N–H and O–H groups in total. The molecule has 3 fully saturated rings. The molecule has 32 heavy (non-hydrogen) atoms. The average molecular weight is 452 g/mol. The van der Waals surface area contributed by atoms with E-state index in [4.69, 9.17) is 21.9 Å². The highest BCUT2D eigenvalue weighted by Gasteiger charge is 2.57. The van der Waals surface area contributed by atoms with Crippen molar-refractivity contribution in [2.24, 2.45) is 10.4 Å². The van der Waals surface area contributed by atoms with Gasteiger partial charge in [-0.2, -0.15) is 0 Å². The van der Waals surface area contributed by atoms with E-state index < -0.39 is 0 Å². The molecule has 0 bridgehead atoms. The lowest BCUT2D eigenvalue weighted by Crippen LogP contribution is -2.49. The maximum Gasteiger partial charge on any atom is 0.133 e. The number of halogens is 1. The van der Waals surface area contributed by atoms with Gasteiger partial charge < -0.3 is 4.74 Å². The van der Waals surface area contributed by atoms with E-state index in [2.05, 4.69) is 9.80 Å². The molecule has 1 aliphatic carbocycles. The van der Waals surface area contributed by atoms with Crippen LogP contribution in [0, 0.1) is 11.2 Å². The molecular formula is C26H30FN3OS. The van der Waals surface area contributed by atoms with E-state index in [1.807, 2.05) is 36.4 Å². The van der Waals surface area contributed by atoms with Crippen molar-refractivity contribution in [3.63, 3.8) is 0 Å². The molecule has 1 atom stereocenters. The summed E-state index contributed by atoms with van der Waals surface area (Å²) in [7, 11) is 1.67.